The molecule has 1 aliphatic heterocycles. The van der Waals surface area contributed by atoms with Gasteiger partial charge in [0.15, 0.2) is 11.6 Å². The normalized spacial score (nSPS) is 15.7. The van der Waals surface area contributed by atoms with Gasteiger partial charge in [0.05, 0.1) is 18.3 Å². The Bertz CT molecular complexity index is 517. The molecule has 1 fully saturated rings. The summed E-state index contributed by atoms with van der Waals surface area (Å²) in [6.45, 7) is 4.58. The van der Waals surface area contributed by atoms with Crippen LogP contribution in [-0.2, 0) is 4.74 Å². The van der Waals surface area contributed by atoms with Gasteiger partial charge in [-0.3, -0.25) is 4.79 Å². The number of rotatable bonds is 7. The second kappa shape index (κ2) is 8.84. The Kier molecular flexibility index (Phi) is 6.80. The lowest BCUT2D eigenvalue weighted by Gasteiger charge is -2.32. The molecule has 23 heavy (non-hydrogen) atoms. The summed E-state index contributed by atoms with van der Waals surface area (Å²) in [7, 11) is 0. The van der Waals surface area contributed by atoms with E-state index >= 15 is 0 Å². The van der Waals surface area contributed by atoms with E-state index < -0.39 is 5.82 Å². The van der Waals surface area contributed by atoms with Crippen LogP contribution in [0.5, 0.6) is 5.75 Å². The van der Waals surface area contributed by atoms with Crippen LogP contribution in [0.3, 0.4) is 0 Å². The molecule has 2 N–H and O–H groups in total. The van der Waals surface area contributed by atoms with Gasteiger partial charge in [-0.25, -0.2) is 4.39 Å². The van der Waals surface area contributed by atoms with Crippen LogP contribution in [0.2, 0.25) is 0 Å². The maximum atomic E-state index is 13.9. The number of hydrogen-bond donors (Lipinski definition) is 1. The van der Waals surface area contributed by atoms with Crippen molar-refractivity contribution in [2.45, 2.75) is 32.3 Å². The molecule has 1 aliphatic rings. The fraction of sp³-hybridized carbons (Fsp3) is 0.588. The van der Waals surface area contributed by atoms with Crippen molar-refractivity contribution in [2.75, 3.05) is 32.8 Å². The fourth-order valence-electron chi connectivity index (χ4n) is 2.70. The lowest BCUT2D eigenvalue weighted by Crippen LogP contribution is -2.41. The van der Waals surface area contributed by atoms with E-state index in [-0.39, 0.29) is 23.3 Å². The maximum absolute atomic E-state index is 13.9. The van der Waals surface area contributed by atoms with Crippen LogP contribution in [0.1, 0.15) is 36.5 Å². The third-order valence-electron chi connectivity index (χ3n) is 3.92. The highest BCUT2D eigenvalue weighted by Crippen LogP contribution is 2.25. The Labute approximate surface area is 136 Å². The number of ether oxygens (including phenoxy) is 2. The van der Waals surface area contributed by atoms with Crippen LogP contribution in [0.15, 0.2) is 18.2 Å². The predicted molar refractivity (Wildman–Crippen MR) is 86.1 cm³/mol. The molecule has 0 saturated carbocycles. The molecule has 1 amide bonds. The molecule has 0 spiro atoms. The van der Waals surface area contributed by atoms with Crippen molar-refractivity contribution in [1.29, 1.82) is 0 Å². The van der Waals surface area contributed by atoms with Gasteiger partial charge in [0.2, 0.25) is 0 Å². The van der Waals surface area contributed by atoms with E-state index in [2.05, 4.69) is 0 Å². The van der Waals surface area contributed by atoms with Crippen LogP contribution in [0.4, 0.5) is 4.39 Å². The second-order valence-electron chi connectivity index (χ2n) is 5.55. The smallest absolute Gasteiger partial charge is 0.257 e. The highest BCUT2D eigenvalue weighted by Gasteiger charge is 2.26. The molecule has 0 atom stereocenters. The van der Waals surface area contributed by atoms with Gasteiger partial charge in [-0.15, -0.1) is 0 Å². The SMILES string of the molecule is CCOc1c(F)cccc1C(=O)N1CCC(OCCCN)CC1. The molecule has 0 aliphatic carbocycles. The first-order valence-corrected chi connectivity index (χ1v) is 8.19. The van der Waals surface area contributed by atoms with Gasteiger partial charge >= 0.3 is 0 Å². The van der Waals surface area contributed by atoms with Gasteiger partial charge in [-0.2, -0.15) is 0 Å². The molecule has 1 heterocycles. The minimum Gasteiger partial charge on any atom is -0.490 e. The Balaban J connectivity index is 1.96. The van der Waals surface area contributed by atoms with Gasteiger partial charge in [0.25, 0.3) is 5.91 Å². The van der Waals surface area contributed by atoms with E-state index in [9.17, 15) is 9.18 Å². The highest BCUT2D eigenvalue weighted by molar-refractivity contribution is 5.97. The summed E-state index contributed by atoms with van der Waals surface area (Å²) in [5.41, 5.74) is 5.73. The van der Waals surface area contributed by atoms with Crippen molar-refractivity contribution in [3.05, 3.63) is 29.6 Å². The first-order chi connectivity index (χ1) is 11.2. The number of nitrogens with two attached hydrogens (primary N) is 1. The molecular weight excluding hydrogens is 299 g/mol. The third-order valence-corrected chi connectivity index (χ3v) is 3.92. The van der Waals surface area contributed by atoms with Crippen LogP contribution in [0.25, 0.3) is 0 Å². The Morgan fingerprint density at radius 2 is 2.13 bits per heavy atom. The molecule has 0 bridgehead atoms. The zero-order chi connectivity index (χ0) is 16.7. The highest BCUT2D eigenvalue weighted by atomic mass is 19.1. The first kappa shape index (κ1) is 17.7. The molecule has 1 saturated heterocycles. The number of benzene rings is 1. The predicted octanol–water partition coefficient (Wildman–Crippen LogP) is 2.19. The van der Waals surface area contributed by atoms with E-state index in [1.54, 1.807) is 17.9 Å². The molecule has 0 aromatic heterocycles. The first-order valence-electron chi connectivity index (χ1n) is 8.19. The summed E-state index contributed by atoms with van der Waals surface area (Å²) >= 11 is 0. The molecule has 1 aromatic rings. The van der Waals surface area contributed by atoms with E-state index in [1.807, 2.05) is 0 Å². The number of likely N-dealkylation sites (tertiary alicyclic amines) is 1. The molecule has 0 unspecified atom stereocenters. The number of hydrogen-bond acceptors (Lipinski definition) is 4. The van der Waals surface area contributed by atoms with Crippen LogP contribution in [-0.4, -0.2) is 49.8 Å². The zero-order valence-corrected chi connectivity index (χ0v) is 13.6. The number of carbonyl (C=O) groups is 1. The summed E-state index contributed by atoms with van der Waals surface area (Å²) in [4.78, 5) is 14.4. The number of para-hydroxylation sites is 1. The molecule has 6 heteroatoms. The van der Waals surface area contributed by atoms with Crippen molar-refractivity contribution in [3.63, 3.8) is 0 Å². The number of nitrogens with zero attached hydrogens (tertiary/aromatic N) is 1. The third kappa shape index (κ3) is 4.65. The summed E-state index contributed by atoms with van der Waals surface area (Å²) < 4.78 is 24.9. The average Bonchev–Trinajstić information content (AvgIpc) is 2.57. The number of carbonyl (C=O) groups excluding carboxylic acids is 1. The summed E-state index contributed by atoms with van der Waals surface area (Å²) in [6, 6.07) is 4.45. The van der Waals surface area contributed by atoms with Crippen LogP contribution >= 0.6 is 0 Å². The average molecular weight is 324 g/mol. The lowest BCUT2D eigenvalue weighted by atomic mass is 10.1. The van der Waals surface area contributed by atoms with Gasteiger partial charge in [-0.05, 0) is 44.9 Å². The Morgan fingerprint density at radius 3 is 2.78 bits per heavy atom. The largest absolute Gasteiger partial charge is 0.490 e. The molecule has 2 rings (SSSR count). The van der Waals surface area contributed by atoms with Gasteiger partial charge in [0, 0.05) is 19.7 Å². The monoisotopic (exact) mass is 324 g/mol. The fourth-order valence-corrected chi connectivity index (χ4v) is 2.70. The lowest BCUT2D eigenvalue weighted by molar-refractivity contribution is 0.00834. The zero-order valence-electron chi connectivity index (χ0n) is 13.6. The van der Waals surface area contributed by atoms with Gasteiger partial charge < -0.3 is 20.1 Å². The van der Waals surface area contributed by atoms with Crippen molar-refractivity contribution in [2.24, 2.45) is 5.73 Å². The minimum absolute atomic E-state index is 0.0429. The van der Waals surface area contributed by atoms with E-state index in [0.29, 0.717) is 32.8 Å². The minimum atomic E-state index is -0.502. The van der Waals surface area contributed by atoms with E-state index in [0.717, 1.165) is 19.3 Å². The maximum Gasteiger partial charge on any atom is 0.257 e. The van der Waals surface area contributed by atoms with Crippen LogP contribution in [0, 0.1) is 5.82 Å². The van der Waals surface area contributed by atoms with Crippen LogP contribution < -0.4 is 10.5 Å². The molecule has 1 aromatic carbocycles. The standard InChI is InChI=1S/C17H25FN2O3/c1-2-22-16-14(5-3-6-15(16)18)17(21)20-10-7-13(8-11-20)23-12-4-9-19/h3,5-6,13H,2,4,7-12,19H2,1H3. The Morgan fingerprint density at radius 1 is 1.39 bits per heavy atom. The quantitative estimate of drug-likeness (QED) is 0.781. The molecule has 128 valence electrons. The van der Waals surface area contributed by atoms with Crippen molar-refractivity contribution < 1.29 is 18.7 Å². The van der Waals surface area contributed by atoms with Crippen molar-refractivity contribution >= 4 is 5.91 Å². The molecular formula is C17H25FN2O3. The summed E-state index contributed by atoms with van der Waals surface area (Å²) in [5, 5.41) is 0. The van der Waals surface area contributed by atoms with Crippen molar-refractivity contribution in [3.8, 4) is 5.75 Å². The Hall–Kier alpha value is -1.66. The molecule has 0 radical (unpaired) electrons. The molecule has 5 nitrogen and oxygen atoms in total. The number of piperidine rings is 1. The number of halogens is 1. The summed E-state index contributed by atoms with van der Waals surface area (Å²) in [5.74, 6) is -0.646. The van der Waals surface area contributed by atoms with E-state index in [1.165, 1.54) is 12.1 Å². The van der Waals surface area contributed by atoms with Gasteiger partial charge in [-0.1, -0.05) is 6.07 Å². The summed E-state index contributed by atoms with van der Waals surface area (Å²) in [6.07, 6.45) is 2.59. The van der Waals surface area contributed by atoms with Crippen molar-refractivity contribution in [1.82, 2.24) is 4.90 Å². The topological polar surface area (TPSA) is 64.8 Å². The van der Waals surface area contributed by atoms with Gasteiger partial charge in [0.1, 0.15) is 0 Å². The second-order valence-corrected chi connectivity index (χ2v) is 5.55. The van der Waals surface area contributed by atoms with E-state index in [4.69, 9.17) is 15.2 Å². The number of amides is 1.